The topological polar surface area (TPSA) is 79.3 Å². The van der Waals surface area contributed by atoms with Crippen molar-refractivity contribution in [2.75, 3.05) is 13.1 Å². The number of rotatable bonds is 3. The molecule has 1 saturated heterocycles. The summed E-state index contributed by atoms with van der Waals surface area (Å²) in [6.45, 7) is 0.887. The van der Waals surface area contributed by atoms with Crippen LogP contribution in [0.4, 0.5) is 0 Å². The molecule has 3 aromatic rings. The molecule has 2 amide bonds. The predicted octanol–water partition coefficient (Wildman–Crippen LogP) is 3.16. The normalized spacial score (nSPS) is 13.8. The summed E-state index contributed by atoms with van der Waals surface area (Å²) >= 11 is 7.40. The van der Waals surface area contributed by atoms with Crippen LogP contribution in [0, 0.1) is 0 Å². The van der Waals surface area contributed by atoms with Crippen molar-refractivity contribution < 1.29 is 9.59 Å². The van der Waals surface area contributed by atoms with Crippen molar-refractivity contribution >= 4 is 34.8 Å². The first-order valence-electron chi connectivity index (χ1n) is 8.25. The Kier molecular flexibility index (Phi) is 4.83. The Bertz CT molecular complexity index is 994. The molecule has 1 aliphatic rings. The molecule has 4 heterocycles. The number of aromatic nitrogens is 3. The summed E-state index contributed by atoms with van der Waals surface area (Å²) in [4.78, 5) is 38.2. The summed E-state index contributed by atoms with van der Waals surface area (Å²) in [7, 11) is 0. The summed E-state index contributed by atoms with van der Waals surface area (Å²) in [5, 5.41) is 5.36. The van der Waals surface area contributed by atoms with Gasteiger partial charge in [-0.05, 0) is 30.7 Å². The minimum absolute atomic E-state index is 0.120. The van der Waals surface area contributed by atoms with Gasteiger partial charge in [-0.25, -0.2) is 20.0 Å². The molecule has 0 atom stereocenters. The summed E-state index contributed by atoms with van der Waals surface area (Å²) in [5.74, 6) is -0.658. The van der Waals surface area contributed by atoms with E-state index in [1.54, 1.807) is 29.9 Å². The highest BCUT2D eigenvalue weighted by molar-refractivity contribution is 7.13. The van der Waals surface area contributed by atoms with Gasteiger partial charge in [0.1, 0.15) is 15.9 Å². The monoisotopic (exact) mass is 399 g/mol. The molecule has 7 nitrogen and oxygen atoms in total. The Morgan fingerprint density at radius 2 is 1.85 bits per heavy atom. The van der Waals surface area contributed by atoms with Crippen LogP contribution in [0.15, 0.2) is 48.2 Å². The fourth-order valence-electron chi connectivity index (χ4n) is 2.84. The molecule has 0 N–H and O–H groups in total. The van der Waals surface area contributed by atoms with E-state index in [-0.39, 0.29) is 22.5 Å². The van der Waals surface area contributed by atoms with Gasteiger partial charge in [0.2, 0.25) is 0 Å². The summed E-state index contributed by atoms with van der Waals surface area (Å²) in [6.07, 6.45) is 5.58. The third kappa shape index (κ3) is 3.41. The molecule has 0 aliphatic carbocycles. The fraction of sp³-hybridized carbons (Fsp3) is 0.167. The zero-order valence-electron chi connectivity index (χ0n) is 14.1. The zero-order chi connectivity index (χ0) is 18.8. The van der Waals surface area contributed by atoms with Crippen LogP contribution in [0.1, 0.15) is 27.3 Å². The van der Waals surface area contributed by atoms with E-state index in [1.807, 2.05) is 12.1 Å². The second kappa shape index (κ2) is 7.42. The van der Waals surface area contributed by atoms with Crippen LogP contribution < -0.4 is 0 Å². The van der Waals surface area contributed by atoms with Gasteiger partial charge in [0.15, 0.2) is 0 Å². The number of nitrogens with zero attached hydrogens (tertiary/aromatic N) is 5. The van der Waals surface area contributed by atoms with Crippen molar-refractivity contribution in [2.45, 2.75) is 6.42 Å². The van der Waals surface area contributed by atoms with Gasteiger partial charge >= 0.3 is 0 Å². The molecule has 1 fully saturated rings. The van der Waals surface area contributed by atoms with Crippen molar-refractivity contribution in [3.05, 3.63) is 64.6 Å². The van der Waals surface area contributed by atoms with Crippen molar-refractivity contribution in [1.29, 1.82) is 0 Å². The standard InChI is InChI=1S/C18H14ClN5O2S/c19-15-13(5-2-7-21-15)17(25)23-8-3-9-24(23)18(26)14-11-27-16(22-14)12-4-1-6-20-10-12/h1-2,4-7,10-11H,3,8-9H2. The maximum atomic E-state index is 12.9. The van der Waals surface area contributed by atoms with E-state index in [9.17, 15) is 9.59 Å². The maximum Gasteiger partial charge on any atom is 0.291 e. The number of hydrogen-bond donors (Lipinski definition) is 0. The molecular weight excluding hydrogens is 386 g/mol. The lowest BCUT2D eigenvalue weighted by Crippen LogP contribution is -2.45. The summed E-state index contributed by atoms with van der Waals surface area (Å²) in [6, 6.07) is 6.94. The number of thiazole rings is 1. The molecule has 3 aromatic heterocycles. The molecule has 4 rings (SSSR count). The molecule has 0 saturated carbocycles. The quantitative estimate of drug-likeness (QED) is 0.632. The molecule has 1 aliphatic heterocycles. The van der Waals surface area contributed by atoms with E-state index in [4.69, 9.17) is 11.6 Å². The number of carbonyl (C=O) groups is 2. The van der Waals surface area contributed by atoms with Gasteiger partial charge in [0, 0.05) is 42.6 Å². The van der Waals surface area contributed by atoms with Gasteiger partial charge < -0.3 is 0 Å². The van der Waals surface area contributed by atoms with Crippen LogP contribution in [0.25, 0.3) is 10.6 Å². The second-order valence-electron chi connectivity index (χ2n) is 5.83. The van der Waals surface area contributed by atoms with E-state index in [0.717, 1.165) is 5.56 Å². The van der Waals surface area contributed by atoms with Gasteiger partial charge in [-0.2, -0.15) is 0 Å². The summed E-state index contributed by atoms with van der Waals surface area (Å²) in [5.41, 5.74) is 1.42. The lowest BCUT2D eigenvalue weighted by molar-refractivity contribution is 0.0183. The molecule has 27 heavy (non-hydrogen) atoms. The van der Waals surface area contributed by atoms with Crippen LogP contribution in [0.5, 0.6) is 0 Å². The lowest BCUT2D eigenvalue weighted by Gasteiger charge is -2.27. The van der Waals surface area contributed by atoms with Gasteiger partial charge in [0.05, 0.1) is 5.56 Å². The Labute approximate surface area is 164 Å². The fourth-order valence-corrected chi connectivity index (χ4v) is 3.83. The first kappa shape index (κ1) is 17.6. The van der Waals surface area contributed by atoms with E-state index in [2.05, 4.69) is 15.0 Å². The smallest absolute Gasteiger partial charge is 0.267 e. The molecule has 136 valence electrons. The Hall–Kier alpha value is -2.84. The maximum absolute atomic E-state index is 12.9. The van der Waals surface area contributed by atoms with E-state index >= 15 is 0 Å². The molecule has 0 spiro atoms. The van der Waals surface area contributed by atoms with Crippen LogP contribution in [0.2, 0.25) is 5.15 Å². The van der Waals surface area contributed by atoms with Crippen molar-refractivity contribution in [2.24, 2.45) is 0 Å². The summed E-state index contributed by atoms with van der Waals surface area (Å²) < 4.78 is 0. The second-order valence-corrected chi connectivity index (χ2v) is 7.05. The highest BCUT2D eigenvalue weighted by Gasteiger charge is 2.33. The third-order valence-electron chi connectivity index (χ3n) is 4.12. The molecule has 0 unspecified atom stereocenters. The van der Waals surface area contributed by atoms with Crippen LogP contribution in [0.3, 0.4) is 0 Å². The van der Waals surface area contributed by atoms with Crippen molar-refractivity contribution in [3.63, 3.8) is 0 Å². The SMILES string of the molecule is O=C(c1csc(-c2cccnc2)n1)N1CCCN1C(=O)c1cccnc1Cl. The largest absolute Gasteiger partial charge is 0.291 e. The van der Waals surface area contributed by atoms with Gasteiger partial charge in [-0.15, -0.1) is 11.3 Å². The number of carbonyl (C=O) groups excluding carboxylic acids is 2. The van der Waals surface area contributed by atoms with Crippen molar-refractivity contribution in [3.8, 4) is 10.6 Å². The van der Waals surface area contributed by atoms with Crippen LogP contribution in [-0.2, 0) is 0 Å². The average Bonchev–Trinajstić information content (AvgIpc) is 3.38. The number of amides is 2. The average molecular weight is 400 g/mol. The molecule has 0 radical (unpaired) electrons. The third-order valence-corrected chi connectivity index (χ3v) is 5.31. The highest BCUT2D eigenvalue weighted by Crippen LogP contribution is 2.25. The number of halogens is 1. The molecule has 0 bridgehead atoms. The Balaban J connectivity index is 1.57. The first-order valence-corrected chi connectivity index (χ1v) is 9.51. The van der Waals surface area contributed by atoms with E-state index in [0.29, 0.717) is 30.2 Å². The van der Waals surface area contributed by atoms with E-state index < -0.39 is 0 Å². The molecule has 0 aromatic carbocycles. The first-order chi connectivity index (χ1) is 13.1. The molecule has 9 heteroatoms. The highest BCUT2D eigenvalue weighted by atomic mass is 35.5. The van der Waals surface area contributed by atoms with Gasteiger partial charge in [-0.1, -0.05) is 11.6 Å². The minimum Gasteiger partial charge on any atom is -0.267 e. The Morgan fingerprint density at radius 3 is 2.59 bits per heavy atom. The van der Waals surface area contributed by atoms with Crippen LogP contribution >= 0.6 is 22.9 Å². The van der Waals surface area contributed by atoms with E-state index in [1.165, 1.54) is 27.6 Å². The number of pyridine rings is 2. The number of hydrazine groups is 1. The Morgan fingerprint density at radius 1 is 1.07 bits per heavy atom. The lowest BCUT2D eigenvalue weighted by atomic mass is 10.2. The number of hydrogen-bond acceptors (Lipinski definition) is 6. The molecular formula is C18H14ClN5O2S. The van der Waals surface area contributed by atoms with Gasteiger partial charge in [-0.3, -0.25) is 14.6 Å². The minimum atomic E-state index is -0.346. The van der Waals surface area contributed by atoms with Gasteiger partial charge in [0.25, 0.3) is 11.8 Å². The van der Waals surface area contributed by atoms with Crippen molar-refractivity contribution in [1.82, 2.24) is 25.0 Å². The predicted molar refractivity (Wildman–Crippen MR) is 101 cm³/mol. The zero-order valence-corrected chi connectivity index (χ0v) is 15.7. The van der Waals surface area contributed by atoms with Crippen LogP contribution in [-0.4, -0.2) is 49.9 Å².